The number of ether oxygens (including phenoxy) is 1. The Morgan fingerprint density at radius 2 is 2.44 bits per heavy atom. The standard InChI is InChI=1S/C12H17FN2O/c1-2-11-7-9(5-6-16-11)15-10-3-4-12(13)14-8-10/h3-4,8-9,11,15H,2,5-7H2,1H3. The molecule has 1 fully saturated rings. The van der Waals surface area contributed by atoms with Gasteiger partial charge in [-0.3, -0.25) is 0 Å². The van der Waals surface area contributed by atoms with Crippen LogP contribution in [-0.4, -0.2) is 23.7 Å². The lowest BCUT2D eigenvalue weighted by molar-refractivity contribution is 0.00925. The lowest BCUT2D eigenvalue weighted by atomic mass is 10.0. The highest BCUT2D eigenvalue weighted by atomic mass is 19.1. The highest BCUT2D eigenvalue weighted by molar-refractivity contribution is 5.41. The van der Waals surface area contributed by atoms with E-state index in [1.54, 1.807) is 6.07 Å². The maximum absolute atomic E-state index is 12.6. The van der Waals surface area contributed by atoms with Gasteiger partial charge in [0.25, 0.3) is 0 Å². The first-order valence-electron chi connectivity index (χ1n) is 5.77. The quantitative estimate of drug-likeness (QED) is 0.801. The number of pyridine rings is 1. The van der Waals surface area contributed by atoms with Crippen LogP contribution in [0.2, 0.25) is 0 Å². The third-order valence-electron chi connectivity index (χ3n) is 2.92. The molecule has 1 N–H and O–H groups in total. The van der Waals surface area contributed by atoms with E-state index in [4.69, 9.17) is 4.74 Å². The molecule has 1 aromatic rings. The van der Waals surface area contributed by atoms with Crippen LogP contribution in [0.3, 0.4) is 0 Å². The molecule has 1 aliphatic heterocycles. The number of hydrogen-bond acceptors (Lipinski definition) is 3. The zero-order valence-electron chi connectivity index (χ0n) is 9.45. The highest BCUT2D eigenvalue weighted by Gasteiger charge is 2.20. The van der Waals surface area contributed by atoms with Crippen molar-refractivity contribution in [1.82, 2.24) is 4.98 Å². The van der Waals surface area contributed by atoms with E-state index in [1.165, 1.54) is 12.3 Å². The van der Waals surface area contributed by atoms with Gasteiger partial charge in [0.05, 0.1) is 18.0 Å². The van der Waals surface area contributed by atoms with E-state index in [9.17, 15) is 4.39 Å². The fourth-order valence-electron chi connectivity index (χ4n) is 1.99. The molecular weight excluding hydrogens is 207 g/mol. The van der Waals surface area contributed by atoms with Gasteiger partial charge < -0.3 is 10.1 Å². The Kier molecular flexibility index (Phi) is 3.72. The minimum absolute atomic E-state index is 0.347. The molecule has 1 aliphatic rings. The van der Waals surface area contributed by atoms with Crippen LogP contribution in [0.25, 0.3) is 0 Å². The molecule has 0 aliphatic carbocycles. The van der Waals surface area contributed by atoms with Crippen LogP contribution < -0.4 is 5.32 Å². The lowest BCUT2D eigenvalue weighted by Crippen LogP contribution is -2.33. The normalized spacial score (nSPS) is 25.4. The van der Waals surface area contributed by atoms with Crippen molar-refractivity contribution in [3.63, 3.8) is 0 Å². The first kappa shape index (κ1) is 11.3. The van der Waals surface area contributed by atoms with E-state index in [-0.39, 0.29) is 0 Å². The van der Waals surface area contributed by atoms with Gasteiger partial charge in [0.15, 0.2) is 0 Å². The number of aromatic nitrogens is 1. The monoisotopic (exact) mass is 224 g/mol. The van der Waals surface area contributed by atoms with Crippen molar-refractivity contribution in [3.8, 4) is 0 Å². The van der Waals surface area contributed by atoms with Crippen LogP contribution in [0.1, 0.15) is 26.2 Å². The third kappa shape index (κ3) is 2.92. The average molecular weight is 224 g/mol. The minimum Gasteiger partial charge on any atom is -0.381 e. The molecule has 0 bridgehead atoms. The predicted octanol–water partition coefficient (Wildman–Crippen LogP) is 2.59. The summed E-state index contributed by atoms with van der Waals surface area (Å²) in [7, 11) is 0. The van der Waals surface area contributed by atoms with Gasteiger partial charge in [-0.1, -0.05) is 6.92 Å². The number of halogens is 1. The molecule has 2 rings (SSSR count). The van der Waals surface area contributed by atoms with E-state index < -0.39 is 5.95 Å². The van der Waals surface area contributed by atoms with E-state index in [2.05, 4.69) is 17.2 Å². The van der Waals surface area contributed by atoms with Crippen LogP contribution in [0, 0.1) is 5.95 Å². The van der Waals surface area contributed by atoms with Crippen molar-refractivity contribution in [2.24, 2.45) is 0 Å². The molecule has 2 atom stereocenters. The molecule has 88 valence electrons. The summed E-state index contributed by atoms with van der Waals surface area (Å²) in [6.45, 7) is 2.93. The summed E-state index contributed by atoms with van der Waals surface area (Å²) in [5.74, 6) is -0.441. The summed E-state index contributed by atoms with van der Waals surface area (Å²) in [5.41, 5.74) is 0.878. The number of rotatable bonds is 3. The number of anilines is 1. The van der Waals surface area contributed by atoms with Gasteiger partial charge >= 0.3 is 0 Å². The van der Waals surface area contributed by atoms with E-state index in [0.717, 1.165) is 31.6 Å². The maximum Gasteiger partial charge on any atom is 0.212 e. The van der Waals surface area contributed by atoms with Crippen LogP contribution in [0.4, 0.5) is 10.1 Å². The summed E-state index contributed by atoms with van der Waals surface area (Å²) in [5, 5.41) is 3.36. The Morgan fingerprint density at radius 3 is 3.12 bits per heavy atom. The molecule has 0 radical (unpaired) electrons. The number of nitrogens with one attached hydrogen (secondary N) is 1. The molecule has 0 aromatic carbocycles. The van der Waals surface area contributed by atoms with Crippen molar-refractivity contribution in [3.05, 3.63) is 24.3 Å². The van der Waals surface area contributed by atoms with Gasteiger partial charge in [-0.15, -0.1) is 0 Å². The second-order valence-corrected chi connectivity index (χ2v) is 4.14. The molecular formula is C12H17FN2O. The Hall–Kier alpha value is -1.16. The van der Waals surface area contributed by atoms with Gasteiger partial charge in [0, 0.05) is 12.6 Å². The van der Waals surface area contributed by atoms with Crippen molar-refractivity contribution in [2.75, 3.05) is 11.9 Å². The smallest absolute Gasteiger partial charge is 0.212 e. The maximum atomic E-state index is 12.6. The molecule has 0 saturated carbocycles. The van der Waals surface area contributed by atoms with Crippen molar-refractivity contribution < 1.29 is 9.13 Å². The SMILES string of the molecule is CCC1CC(Nc2ccc(F)nc2)CCO1. The largest absolute Gasteiger partial charge is 0.381 e. The molecule has 0 spiro atoms. The Bertz CT molecular complexity index is 328. The van der Waals surface area contributed by atoms with Crippen LogP contribution in [0.5, 0.6) is 0 Å². The fourth-order valence-corrected chi connectivity index (χ4v) is 1.99. The summed E-state index contributed by atoms with van der Waals surface area (Å²) in [6.07, 6.45) is 4.92. The zero-order valence-corrected chi connectivity index (χ0v) is 9.45. The van der Waals surface area contributed by atoms with E-state index in [0.29, 0.717) is 12.1 Å². The molecule has 1 saturated heterocycles. The molecule has 0 amide bonds. The molecule has 4 heteroatoms. The number of hydrogen-bond donors (Lipinski definition) is 1. The molecule has 3 nitrogen and oxygen atoms in total. The Balaban J connectivity index is 1.91. The third-order valence-corrected chi connectivity index (χ3v) is 2.92. The summed E-state index contributed by atoms with van der Waals surface area (Å²) in [6, 6.07) is 3.50. The predicted molar refractivity (Wildman–Crippen MR) is 60.9 cm³/mol. The summed E-state index contributed by atoms with van der Waals surface area (Å²) in [4.78, 5) is 3.62. The minimum atomic E-state index is -0.441. The van der Waals surface area contributed by atoms with Gasteiger partial charge in [-0.2, -0.15) is 4.39 Å². The molecule has 1 aromatic heterocycles. The van der Waals surface area contributed by atoms with E-state index in [1.807, 2.05) is 0 Å². The van der Waals surface area contributed by atoms with Gasteiger partial charge in [-0.05, 0) is 31.4 Å². The fraction of sp³-hybridized carbons (Fsp3) is 0.583. The number of nitrogens with zero attached hydrogens (tertiary/aromatic N) is 1. The lowest BCUT2D eigenvalue weighted by Gasteiger charge is -2.30. The van der Waals surface area contributed by atoms with Crippen molar-refractivity contribution in [1.29, 1.82) is 0 Å². The van der Waals surface area contributed by atoms with Crippen molar-refractivity contribution >= 4 is 5.69 Å². The van der Waals surface area contributed by atoms with Crippen LogP contribution in [-0.2, 0) is 4.74 Å². The summed E-state index contributed by atoms with van der Waals surface area (Å²) >= 11 is 0. The zero-order chi connectivity index (χ0) is 11.4. The first-order chi connectivity index (χ1) is 7.78. The summed E-state index contributed by atoms with van der Waals surface area (Å²) < 4.78 is 18.2. The Labute approximate surface area is 95.0 Å². The highest BCUT2D eigenvalue weighted by Crippen LogP contribution is 2.20. The Morgan fingerprint density at radius 1 is 1.56 bits per heavy atom. The van der Waals surface area contributed by atoms with Gasteiger partial charge in [0.1, 0.15) is 0 Å². The molecule has 2 heterocycles. The van der Waals surface area contributed by atoms with Gasteiger partial charge in [-0.25, -0.2) is 4.98 Å². The second-order valence-electron chi connectivity index (χ2n) is 4.14. The van der Waals surface area contributed by atoms with Crippen molar-refractivity contribution in [2.45, 2.75) is 38.3 Å². The first-order valence-corrected chi connectivity index (χ1v) is 5.77. The second kappa shape index (κ2) is 5.25. The molecule has 16 heavy (non-hydrogen) atoms. The van der Waals surface area contributed by atoms with Gasteiger partial charge in [0.2, 0.25) is 5.95 Å². The topological polar surface area (TPSA) is 34.2 Å². The molecule has 2 unspecified atom stereocenters. The average Bonchev–Trinajstić information content (AvgIpc) is 2.32. The van der Waals surface area contributed by atoms with Crippen LogP contribution >= 0.6 is 0 Å². The van der Waals surface area contributed by atoms with Crippen LogP contribution in [0.15, 0.2) is 18.3 Å². The van der Waals surface area contributed by atoms with E-state index >= 15 is 0 Å².